The molecular formula is C23H21N5OS. The summed E-state index contributed by atoms with van der Waals surface area (Å²) in [4.78, 5) is 16.5. The van der Waals surface area contributed by atoms with Gasteiger partial charge in [0.05, 0.1) is 11.8 Å². The third-order valence-corrected chi connectivity index (χ3v) is 5.61. The van der Waals surface area contributed by atoms with Gasteiger partial charge in [0, 0.05) is 23.6 Å². The van der Waals surface area contributed by atoms with Crippen molar-refractivity contribution in [3.05, 3.63) is 90.8 Å². The lowest BCUT2D eigenvalue weighted by molar-refractivity contribution is -0.113. The Bertz CT molecular complexity index is 1100. The van der Waals surface area contributed by atoms with Crippen molar-refractivity contribution < 1.29 is 4.79 Å². The maximum absolute atomic E-state index is 12.4. The number of hydrogen-bond acceptors (Lipinski definition) is 5. The van der Waals surface area contributed by atoms with Crippen molar-refractivity contribution >= 4 is 23.4 Å². The van der Waals surface area contributed by atoms with Crippen molar-refractivity contribution in [2.24, 2.45) is 0 Å². The molecule has 4 rings (SSSR count). The first-order valence-corrected chi connectivity index (χ1v) is 10.6. The lowest BCUT2D eigenvalue weighted by Crippen LogP contribution is -2.15. The molecule has 2 aromatic carbocycles. The Kier molecular flexibility index (Phi) is 6.20. The van der Waals surface area contributed by atoms with E-state index in [1.807, 2.05) is 60.7 Å². The zero-order valence-electron chi connectivity index (χ0n) is 16.5. The van der Waals surface area contributed by atoms with Gasteiger partial charge in [-0.05, 0) is 36.8 Å². The van der Waals surface area contributed by atoms with Gasteiger partial charge < -0.3 is 5.32 Å². The fourth-order valence-corrected chi connectivity index (χ4v) is 3.97. The largest absolute Gasteiger partial charge is 0.325 e. The van der Waals surface area contributed by atoms with Gasteiger partial charge in [-0.25, -0.2) is 0 Å². The molecule has 0 fully saturated rings. The van der Waals surface area contributed by atoms with Crippen LogP contribution in [0, 0.1) is 0 Å². The van der Waals surface area contributed by atoms with E-state index >= 15 is 0 Å². The van der Waals surface area contributed by atoms with Crippen LogP contribution in [0.4, 0.5) is 5.69 Å². The summed E-state index contributed by atoms with van der Waals surface area (Å²) in [5.74, 6) is 0.906. The van der Waals surface area contributed by atoms with Crippen molar-refractivity contribution in [2.75, 3.05) is 11.1 Å². The Morgan fingerprint density at radius 2 is 1.63 bits per heavy atom. The Balaban J connectivity index is 1.59. The molecule has 1 amide bonds. The number of thioether (sulfide) groups is 1. The van der Waals surface area contributed by atoms with Crippen LogP contribution in [-0.2, 0) is 4.79 Å². The van der Waals surface area contributed by atoms with E-state index < -0.39 is 0 Å². The molecule has 0 saturated heterocycles. The SMILES string of the molecule is CC(c1ccccc1)n1c(SCC(=O)Nc2ccccc2)nnc1-c1ccncc1. The predicted octanol–water partition coefficient (Wildman–Crippen LogP) is 4.68. The van der Waals surface area contributed by atoms with Crippen molar-refractivity contribution in [3.63, 3.8) is 0 Å². The first-order chi connectivity index (χ1) is 14.7. The minimum absolute atomic E-state index is 0.00375. The summed E-state index contributed by atoms with van der Waals surface area (Å²) in [7, 11) is 0. The topological polar surface area (TPSA) is 72.7 Å². The van der Waals surface area contributed by atoms with E-state index in [0.717, 1.165) is 22.6 Å². The van der Waals surface area contributed by atoms with E-state index in [1.54, 1.807) is 12.4 Å². The highest BCUT2D eigenvalue weighted by molar-refractivity contribution is 7.99. The average Bonchev–Trinajstić information content (AvgIpc) is 3.23. The van der Waals surface area contributed by atoms with E-state index in [-0.39, 0.29) is 17.7 Å². The standard InChI is InChI=1S/C23H21N5OS/c1-17(18-8-4-2-5-9-18)28-22(19-12-14-24-15-13-19)26-27-23(28)30-16-21(29)25-20-10-6-3-7-11-20/h2-15,17H,16H2,1H3,(H,25,29). The monoisotopic (exact) mass is 415 g/mol. The van der Waals surface area contributed by atoms with Crippen LogP contribution in [-0.4, -0.2) is 31.4 Å². The van der Waals surface area contributed by atoms with E-state index in [0.29, 0.717) is 5.16 Å². The lowest BCUT2D eigenvalue weighted by Gasteiger charge is -2.18. The molecule has 0 spiro atoms. The molecule has 6 nitrogen and oxygen atoms in total. The van der Waals surface area contributed by atoms with Gasteiger partial charge in [0.15, 0.2) is 11.0 Å². The average molecular weight is 416 g/mol. The second kappa shape index (κ2) is 9.37. The molecule has 0 aliphatic carbocycles. The van der Waals surface area contributed by atoms with E-state index in [2.05, 4.69) is 44.1 Å². The van der Waals surface area contributed by atoms with E-state index in [4.69, 9.17) is 0 Å². The summed E-state index contributed by atoms with van der Waals surface area (Å²) in [6.07, 6.45) is 3.48. The molecule has 1 unspecified atom stereocenters. The van der Waals surface area contributed by atoms with Crippen molar-refractivity contribution in [3.8, 4) is 11.4 Å². The maximum atomic E-state index is 12.4. The van der Waals surface area contributed by atoms with Crippen LogP contribution in [0.15, 0.2) is 90.3 Å². The first kappa shape index (κ1) is 19.8. The normalized spacial score (nSPS) is 11.8. The number of hydrogen-bond donors (Lipinski definition) is 1. The molecule has 0 bridgehead atoms. The lowest BCUT2D eigenvalue weighted by atomic mass is 10.1. The summed E-state index contributed by atoms with van der Waals surface area (Å²) in [5.41, 5.74) is 2.85. The van der Waals surface area contributed by atoms with Crippen molar-refractivity contribution in [1.82, 2.24) is 19.7 Å². The number of aromatic nitrogens is 4. The number of nitrogens with one attached hydrogen (secondary N) is 1. The highest BCUT2D eigenvalue weighted by atomic mass is 32.2. The smallest absolute Gasteiger partial charge is 0.234 e. The van der Waals surface area contributed by atoms with Crippen LogP contribution in [0.25, 0.3) is 11.4 Å². The Morgan fingerprint density at radius 1 is 0.967 bits per heavy atom. The fraction of sp³-hybridized carbons (Fsp3) is 0.130. The second-order valence-corrected chi connectivity index (χ2v) is 7.64. The van der Waals surface area contributed by atoms with Gasteiger partial charge in [-0.15, -0.1) is 10.2 Å². The van der Waals surface area contributed by atoms with Gasteiger partial charge in [-0.1, -0.05) is 60.3 Å². The van der Waals surface area contributed by atoms with Gasteiger partial charge >= 0.3 is 0 Å². The summed E-state index contributed by atoms with van der Waals surface area (Å²) >= 11 is 1.37. The molecule has 0 saturated carbocycles. The third kappa shape index (κ3) is 4.58. The van der Waals surface area contributed by atoms with E-state index in [9.17, 15) is 4.79 Å². The van der Waals surface area contributed by atoms with Gasteiger partial charge in [0.25, 0.3) is 0 Å². The van der Waals surface area contributed by atoms with Crippen LogP contribution >= 0.6 is 11.8 Å². The minimum Gasteiger partial charge on any atom is -0.325 e. The molecule has 0 radical (unpaired) electrons. The number of carbonyl (C=O) groups excluding carboxylic acids is 1. The van der Waals surface area contributed by atoms with Crippen LogP contribution in [0.2, 0.25) is 0 Å². The molecular weight excluding hydrogens is 394 g/mol. The highest BCUT2D eigenvalue weighted by Gasteiger charge is 2.21. The van der Waals surface area contributed by atoms with Gasteiger partial charge in [0.1, 0.15) is 0 Å². The number of amides is 1. The van der Waals surface area contributed by atoms with Crippen LogP contribution < -0.4 is 5.32 Å². The molecule has 1 N–H and O–H groups in total. The Morgan fingerprint density at radius 3 is 2.33 bits per heavy atom. The molecule has 4 aromatic rings. The molecule has 0 aliphatic rings. The second-order valence-electron chi connectivity index (χ2n) is 6.70. The third-order valence-electron chi connectivity index (χ3n) is 4.66. The summed E-state index contributed by atoms with van der Waals surface area (Å²) < 4.78 is 2.07. The number of pyridine rings is 1. The summed E-state index contributed by atoms with van der Waals surface area (Å²) in [6, 6.07) is 23.4. The maximum Gasteiger partial charge on any atom is 0.234 e. The first-order valence-electron chi connectivity index (χ1n) is 9.60. The van der Waals surface area contributed by atoms with Gasteiger partial charge in [-0.3, -0.25) is 14.3 Å². The fourth-order valence-electron chi connectivity index (χ4n) is 3.15. The summed E-state index contributed by atoms with van der Waals surface area (Å²) in [6.45, 7) is 2.11. The molecule has 2 aromatic heterocycles. The molecule has 1 atom stereocenters. The number of benzene rings is 2. The number of rotatable bonds is 7. The van der Waals surface area contributed by atoms with Crippen LogP contribution in [0.3, 0.4) is 0 Å². The predicted molar refractivity (Wildman–Crippen MR) is 119 cm³/mol. The van der Waals surface area contributed by atoms with Gasteiger partial charge in [-0.2, -0.15) is 0 Å². The molecule has 150 valence electrons. The Hall–Kier alpha value is -3.45. The molecule has 7 heteroatoms. The number of carbonyl (C=O) groups is 1. The minimum atomic E-state index is -0.0847. The van der Waals surface area contributed by atoms with Crippen molar-refractivity contribution in [2.45, 2.75) is 18.1 Å². The molecule has 2 heterocycles. The van der Waals surface area contributed by atoms with Gasteiger partial charge in [0.2, 0.25) is 5.91 Å². The quantitative estimate of drug-likeness (QED) is 0.444. The number of para-hydroxylation sites is 1. The zero-order chi connectivity index (χ0) is 20.8. The summed E-state index contributed by atoms with van der Waals surface area (Å²) in [5, 5.41) is 12.4. The number of anilines is 1. The number of nitrogens with zero attached hydrogens (tertiary/aromatic N) is 4. The van der Waals surface area contributed by atoms with Crippen LogP contribution in [0.5, 0.6) is 0 Å². The van der Waals surface area contributed by atoms with Crippen molar-refractivity contribution in [1.29, 1.82) is 0 Å². The van der Waals surface area contributed by atoms with E-state index in [1.165, 1.54) is 11.8 Å². The highest BCUT2D eigenvalue weighted by Crippen LogP contribution is 2.30. The molecule has 0 aliphatic heterocycles. The van der Waals surface area contributed by atoms with Crippen LogP contribution in [0.1, 0.15) is 18.5 Å². The Labute approximate surface area is 179 Å². The molecule has 30 heavy (non-hydrogen) atoms. The zero-order valence-corrected chi connectivity index (χ0v) is 17.3.